The van der Waals surface area contributed by atoms with Crippen LogP contribution >= 0.6 is 0 Å². The summed E-state index contributed by atoms with van der Waals surface area (Å²) in [5.74, 6) is 0.518. The van der Waals surface area contributed by atoms with Gasteiger partial charge in [-0.05, 0) is 30.5 Å². The summed E-state index contributed by atoms with van der Waals surface area (Å²) >= 11 is 0. The Morgan fingerprint density at radius 2 is 1.95 bits per heavy atom. The van der Waals surface area contributed by atoms with Crippen molar-refractivity contribution in [1.82, 2.24) is 0 Å². The Morgan fingerprint density at radius 3 is 2.67 bits per heavy atom. The Morgan fingerprint density at radius 1 is 1.19 bits per heavy atom. The number of benzene rings is 2. The van der Waals surface area contributed by atoms with E-state index in [0.717, 1.165) is 6.42 Å². The van der Waals surface area contributed by atoms with Crippen molar-refractivity contribution in [3.8, 4) is 5.75 Å². The Bertz CT molecular complexity index is 584. The first kappa shape index (κ1) is 15.1. The Balaban J connectivity index is 1.87. The molecule has 0 aromatic heterocycles. The minimum atomic E-state index is -0.531. The van der Waals surface area contributed by atoms with E-state index in [0.29, 0.717) is 17.9 Å². The molecule has 2 rings (SSSR count). The number of amides is 1. The molecule has 0 aliphatic carbocycles. The Hall–Kier alpha value is -2.33. The van der Waals surface area contributed by atoms with E-state index in [1.807, 2.05) is 48.5 Å². The van der Waals surface area contributed by atoms with Gasteiger partial charge in [-0.3, -0.25) is 4.79 Å². The van der Waals surface area contributed by atoms with Crippen molar-refractivity contribution in [1.29, 1.82) is 0 Å². The number of carbonyl (C=O) groups is 1. The van der Waals surface area contributed by atoms with Crippen LogP contribution in [-0.4, -0.2) is 19.1 Å². The van der Waals surface area contributed by atoms with Crippen molar-refractivity contribution in [2.45, 2.75) is 18.9 Å². The summed E-state index contributed by atoms with van der Waals surface area (Å²) in [4.78, 5) is 12.1. The number of rotatable bonds is 6. The van der Waals surface area contributed by atoms with Crippen molar-refractivity contribution < 1.29 is 9.53 Å². The molecule has 2 aromatic rings. The molecule has 0 bridgehead atoms. The van der Waals surface area contributed by atoms with Crippen molar-refractivity contribution >= 4 is 11.6 Å². The maximum atomic E-state index is 12.1. The highest BCUT2D eigenvalue weighted by Gasteiger charge is 2.13. The second kappa shape index (κ2) is 7.45. The predicted molar refractivity (Wildman–Crippen MR) is 84.4 cm³/mol. The SMILES string of the molecule is COc1cccc(NC(=O)[C@@H](N)CCc2ccccc2)c1. The minimum Gasteiger partial charge on any atom is -0.497 e. The fourth-order valence-electron chi connectivity index (χ4n) is 2.03. The lowest BCUT2D eigenvalue weighted by atomic mass is 10.1. The van der Waals surface area contributed by atoms with Crippen molar-refractivity contribution in [2.75, 3.05) is 12.4 Å². The molecule has 4 heteroatoms. The molecular weight excluding hydrogens is 264 g/mol. The average Bonchev–Trinajstić information content (AvgIpc) is 2.53. The molecule has 0 saturated carbocycles. The molecule has 3 N–H and O–H groups in total. The molecular formula is C17H20N2O2. The van der Waals surface area contributed by atoms with Crippen molar-refractivity contribution in [3.05, 3.63) is 60.2 Å². The maximum absolute atomic E-state index is 12.1. The number of nitrogens with two attached hydrogens (primary N) is 1. The zero-order valence-electron chi connectivity index (χ0n) is 12.1. The minimum absolute atomic E-state index is 0.181. The molecule has 0 aliphatic heterocycles. The fourth-order valence-corrected chi connectivity index (χ4v) is 2.03. The van der Waals surface area contributed by atoms with Gasteiger partial charge < -0.3 is 15.8 Å². The normalized spacial score (nSPS) is 11.7. The molecule has 110 valence electrons. The van der Waals surface area contributed by atoms with Gasteiger partial charge >= 0.3 is 0 Å². The number of anilines is 1. The van der Waals surface area contributed by atoms with Gasteiger partial charge in [0.2, 0.25) is 5.91 Å². The van der Waals surface area contributed by atoms with Crippen LogP contribution in [0.25, 0.3) is 0 Å². The van der Waals surface area contributed by atoms with Crippen molar-refractivity contribution in [2.24, 2.45) is 5.73 Å². The van der Waals surface area contributed by atoms with Crippen LogP contribution in [0.2, 0.25) is 0 Å². The summed E-state index contributed by atoms with van der Waals surface area (Å²) in [6, 6.07) is 16.7. The third-order valence-electron chi connectivity index (χ3n) is 3.26. The first-order chi connectivity index (χ1) is 10.2. The molecule has 2 aromatic carbocycles. The number of hydrogen-bond donors (Lipinski definition) is 2. The van der Waals surface area contributed by atoms with E-state index in [1.165, 1.54) is 5.56 Å². The monoisotopic (exact) mass is 284 g/mol. The molecule has 0 unspecified atom stereocenters. The van der Waals surface area contributed by atoms with Crippen LogP contribution in [0.4, 0.5) is 5.69 Å². The first-order valence-electron chi connectivity index (χ1n) is 6.93. The third-order valence-corrected chi connectivity index (χ3v) is 3.26. The standard InChI is InChI=1S/C17H20N2O2/c1-21-15-9-5-8-14(12-15)19-17(20)16(18)11-10-13-6-3-2-4-7-13/h2-9,12,16H,10-11,18H2,1H3,(H,19,20)/t16-/m0/s1. The number of nitrogens with one attached hydrogen (secondary N) is 1. The van der Waals surface area contributed by atoms with Crippen LogP contribution in [0.15, 0.2) is 54.6 Å². The van der Waals surface area contributed by atoms with E-state index in [4.69, 9.17) is 10.5 Å². The molecule has 0 aliphatic rings. The van der Waals surface area contributed by atoms with E-state index in [-0.39, 0.29) is 5.91 Å². The summed E-state index contributed by atoms with van der Waals surface area (Å²) < 4.78 is 5.12. The summed E-state index contributed by atoms with van der Waals surface area (Å²) in [6.45, 7) is 0. The van der Waals surface area contributed by atoms with Crippen LogP contribution < -0.4 is 15.8 Å². The van der Waals surface area contributed by atoms with Gasteiger partial charge in [0.05, 0.1) is 13.2 Å². The quantitative estimate of drug-likeness (QED) is 0.857. The lowest BCUT2D eigenvalue weighted by Gasteiger charge is -2.13. The van der Waals surface area contributed by atoms with Gasteiger partial charge in [-0.15, -0.1) is 0 Å². The van der Waals surface area contributed by atoms with Gasteiger partial charge in [0.25, 0.3) is 0 Å². The van der Waals surface area contributed by atoms with Gasteiger partial charge in [0, 0.05) is 11.8 Å². The first-order valence-corrected chi connectivity index (χ1v) is 6.93. The van der Waals surface area contributed by atoms with Crippen LogP contribution in [0.3, 0.4) is 0 Å². The van der Waals surface area contributed by atoms with Gasteiger partial charge in [-0.25, -0.2) is 0 Å². The van der Waals surface area contributed by atoms with Crippen LogP contribution in [0, 0.1) is 0 Å². The van der Waals surface area contributed by atoms with E-state index in [2.05, 4.69) is 5.32 Å². The highest BCUT2D eigenvalue weighted by molar-refractivity contribution is 5.94. The van der Waals surface area contributed by atoms with Gasteiger partial charge in [-0.1, -0.05) is 36.4 Å². The Labute approximate surface area is 124 Å². The van der Waals surface area contributed by atoms with E-state index < -0.39 is 6.04 Å². The lowest BCUT2D eigenvalue weighted by molar-refractivity contribution is -0.117. The van der Waals surface area contributed by atoms with E-state index >= 15 is 0 Å². The topological polar surface area (TPSA) is 64.3 Å². The number of ether oxygens (including phenoxy) is 1. The third kappa shape index (κ3) is 4.61. The van der Waals surface area contributed by atoms with E-state index in [9.17, 15) is 4.79 Å². The van der Waals surface area contributed by atoms with Gasteiger partial charge in [0.1, 0.15) is 5.75 Å². The second-order valence-electron chi connectivity index (χ2n) is 4.85. The highest BCUT2D eigenvalue weighted by Crippen LogP contribution is 2.17. The number of carbonyl (C=O) groups excluding carboxylic acids is 1. The van der Waals surface area contributed by atoms with Gasteiger partial charge in [-0.2, -0.15) is 0 Å². The molecule has 1 amide bonds. The summed E-state index contributed by atoms with van der Waals surface area (Å²) in [6.07, 6.45) is 1.40. The fraction of sp³-hybridized carbons (Fsp3) is 0.235. The van der Waals surface area contributed by atoms with E-state index in [1.54, 1.807) is 13.2 Å². The number of methoxy groups -OCH3 is 1. The lowest BCUT2D eigenvalue weighted by Crippen LogP contribution is -2.36. The highest BCUT2D eigenvalue weighted by atomic mass is 16.5. The van der Waals surface area contributed by atoms with Crippen molar-refractivity contribution in [3.63, 3.8) is 0 Å². The smallest absolute Gasteiger partial charge is 0.241 e. The number of aryl methyl sites for hydroxylation is 1. The molecule has 4 nitrogen and oxygen atoms in total. The molecule has 21 heavy (non-hydrogen) atoms. The summed E-state index contributed by atoms with van der Waals surface area (Å²) in [7, 11) is 1.59. The number of hydrogen-bond acceptors (Lipinski definition) is 3. The maximum Gasteiger partial charge on any atom is 0.241 e. The Kier molecular flexibility index (Phi) is 5.35. The van der Waals surface area contributed by atoms with Gasteiger partial charge in [0.15, 0.2) is 0 Å². The molecule has 0 heterocycles. The molecule has 0 spiro atoms. The summed E-state index contributed by atoms with van der Waals surface area (Å²) in [5, 5.41) is 2.81. The second-order valence-corrected chi connectivity index (χ2v) is 4.85. The van der Waals surface area contributed by atoms with Crippen LogP contribution in [0.5, 0.6) is 5.75 Å². The van der Waals surface area contributed by atoms with Crippen LogP contribution in [-0.2, 0) is 11.2 Å². The molecule has 0 saturated heterocycles. The molecule has 0 radical (unpaired) electrons. The summed E-state index contributed by atoms with van der Waals surface area (Å²) in [5.41, 5.74) is 7.81. The van der Waals surface area contributed by atoms with Crippen LogP contribution in [0.1, 0.15) is 12.0 Å². The molecule has 1 atom stereocenters. The average molecular weight is 284 g/mol. The zero-order valence-corrected chi connectivity index (χ0v) is 12.1. The zero-order chi connectivity index (χ0) is 15.1. The molecule has 0 fully saturated rings. The largest absolute Gasteiger partial charge is 0.497 e. The predicted octanol–water partition coefficient (Wildman–Crippen LogP) is 2.59.